The zero-order chi connectivity index (χ0) is 20.1. The van der Waals surface area contributed by atoms with Gasteiger partial charge in [-0.1, -0.05) is 12.1 Å². The summed E-state index contributed by atoms with van der Waals surface area (Å²) in [5, 5.41) is 8.49. The minimum absolute atomic E-state index is 0.297. The first-order valence-corrected chi connectivity index (χ1v) is 9.22. The summed E-state index contributed by atoms with van der Waals surface area (Å²) in [6.07, 6.45) is 5.27. The van der Waals surface area contributed by atoms with E-state index in [1.165, 1.54) is 0 Å². The van der Waals surface area contributed by atoms with Crippen LogP contribution in [-0.2, 0) is 6.54 Å². The van der Waals surface area contributed by atoms with Crippen LogP contribution in [0, 0.1) is 0 Å². The summed E-state index contributed by atoms with van der Waals surface area (Å²) < 4.78 is 0. The van der Waals surface area contributed by atoms with Gasteiger partial charge in [0, 0.05) is 30.7 Å². The van der Waals surface area contributed by atoms with Crippen LogP contribution < -0.4 is 16.0 Å². The maximum atomic E-state index is 11.6. The largest absolute Gasteiger partial charge is 0.349 e. The van der Waals surface area contributed by atoms with Gasteiger partial charge in [-0.25, -0.2) is 19.7 Å². The van der Waals surface area contributed by atoms with Crippen LogP contribution in [0.15, 0.2) is 55.0 Å². The molecule has 3 aromatic heterocycles. The molecule has 29 heavy (non-hydrogen) atoms. The van der Waals surface area contributed by atoms with E-state index in [4.69, 9.17) is 0 Å². The summed E-state index contributed by atoms with van der Waals surface area (Å²) in [5.74, 6) is 0.932. The molecule has 0 aliphatic carbocycles. The van der Waals surface area contributed by atoms with E-state index in [-0.39, 0.29) is 6.03 Å². The second kappa shape index (κ2) is 8.34. The summed E-state index contributed by atoms with van der Waals surface area (Å²) >= 11 is 0. The number of hydrogen-bond acceptors (Lipinski definition) is 6. The highest BCUT2D eigenvalue weighted by atomic mass is 16.2. The third kappa shape index (κ3) is 4.46. The number of carbonyl (C=O) groups is 1. The van der Waals surface area contributed by atoms with Gasteiger partial charge in [0.25, 0.3) is 0 Å². The van der Waals surface area contributed by atoms with E-state index in [2.05, 4.69) is 40.9 Å². The molecule has 4 aromatic rings. The Morgan fingerprint density at radius 3 is 2.69 bits per heavy atom. The van der Waals surface area contributed by atoms with Crippen LogP contribution in [0.5, 0.6) is 0 Å². The monoisotopic (exact) mass is 388 g/mol. The van der Waals surface area contributed by atoms with Gasteiger partial charge in [-0.3, -0.25) is 10.3 Å². The molecular weight excluding hydrogens is 368 g/mol. The van der Waals surface area contributed by atoms with Crippen LogP contribution in [-0.4, -0.2) is 37.5 Å². The molecule has 0 aliphatic rings. The van der Waals surface area contributed by atoms with Gasteiger partial charge in [0.2, 0.25) is 11.9 Å². The summed E-state index contributed by atoms with van der Waals surface area (Å²) in [5.41, 5.74) is 4.30. The molecule has 9 nitrogen and oxygen atoms in total. The highest BCUT2D eigenvalue weighted by Gasteiger charge is 2.08. The molecular formula is C20H20N8O. The summed E-state index contributed by atoms with van der Waals surface area (Å²) in [6, 6.07) is 11.3. The number of fused-ring (bicyclic) bond motifs is 1. The number of pyridine rings is 1. The summed E-state index contributed by atoms with van der Waals surface area (Å²) in [6.45, 7) is 2.95. The van der Waals surface area contributed by atoms with Gasteiger partial charge >= 0.3 is 6.03 Å². The predicted molar refractivity (Wildman–Crippen MR) is 111 cm³/mol. The van der Waals surface area contributed by atoms with Crippen molar-refractivity contribution in [2.45, 2.75) is 13.5 Å². The van der Waals surface area contributed by atoms with E-state index in [0.29, 0.717) is 25.0 Å². The number of urea groups is 1. The number of anilines is 2. The average Bonchev–Trinajstić information content (AvgIpc) is 3.15. The lowest BCUT2D eigenvalue weighted by Crippen LogP contribution is -2.28. The topological polar surface area (TPSA) is 121 Å². The van der Waals surface area contributed by atoms with Crippen molar-refractivity contribution in [3.05, 3.63) is 60.7 Å². The van der Waals surface area contributed by atoms with Crippen LogP contribution in [0.25, 0.3) is 22.2 Å². The smallest absolute Gasteiger partial charge is 0.321 e. The lowest BCUT2D eigenvalue weighted by atomic mass is 10.1. The standard InChI is InChI=1S/C20H20N8O/c1-2-21-20(29)28-19-26-16-7-6-13(9-17(16)27-19)14-10-23-18(24-11-14)25-12-15-5-3-4-8-22-15/h3-11H,2,12H2,1H3,(H,23,24,25)(H3,21,26,27,28,29). The normalized spacial score (nSPS) is 10.7. The second-order valence-electron chi connectivity index (χ2n) is 6.27. The van der Waals surface area contributed by atoms with Crippen molar-refractivity contribution < 1.29 is 4.79 Å². The van der Waals surface area contributed by atoms with Crippen LogP contribution >= 0.6 is 0 Å². The molecule has 3 heterocycles. The van der Waals surface area contributed by atoms with Crippen LogP contribution in [0.2, 0.25) is 0 Å². The first-order chi connectivity index (χ1) is 14.2. The first-order valence-electron chi connectivity index (χ1n) is 9.22. The number of H-pyrrole nitrogens is 1. The van der Waals surface area contributed by atoms with Crippen molar-refractivity contribution in [3.63, 3.8) is 0 Å². The maximum absolute atomic E-state index is 11.6. The average molecular weight is 388 g/mol. The quantitative estimate of drug-likeness (QED) is 0.403. The number of amides is 2. The molecule has 0 radical (unpaired) electrons. The predicted octanol–water partition coefficient (Wildman–Crippen LogP) is 3.17. The van der Waals surface area contributed by atoms with Crippen molar-refractivity contribution in [2.75, 3.05) is 17.2 Å². The number of hydrogen-bond donors (Lipinski definition) is 4. The van der Waals surface area contributed by atoms with Crippen molar-refractivity contribution >= 4 is 29.0 Å². The number of nitrogens with one attached hydrogen (secondary N) is 4. The number of aromatic amines is 1. The minimum atomic E-state index is -0.297. The molecule has 0 fully saturated rings. The molecule has 9 heteroatoms. The Morgan fingerprint density at radius 1 is 1.07 bits per heavy atom. The van der Waals surface area contributed by atoms with E-state index in [1.54, 1.807) is 18.6 Å². The summed E-state index contributed by atoms with van der Waals surface area (Å²) in [7, 11) is 0. The molecule has 2 amide bonds. The van der Waals surface area contributed by atoms with Gasteiger partial charge in [-0.15, -0.1) is 0 Å². The lowest BCUT2D eigenvalue weighted by molar-refractivity contribution is 0.252. The fourth-order valence-electron chi connectivity index (χ4n) is 2.80. The fourth-order valence-corrected chi connectivity index (χ4v) is 2.80. The van der Waals surface area contributed by atoms with Crippen molar-refractivity contribution in [1.82, 2.24) is 30.2 Å². The van der Waals surface area contributed by atoms with E-state index >= 15 is 0 Å². The number of carbonyl (C=O) groups excluding carboxylic acids is 1. The molecule has 4 N–H and O–H groups in total. The van der Waals surface area contributed by atoms with Gasteiger partial charge in [0.1, 0.15) is 0 Å². The first kappa shape index (κ1) is 18.4. The molecule has 0 atom stereocenters. The SMILES string of the molecule is CCNC(=O)Nc1nc2cc(-c3cnc(NCc4ccccn4)nc3)ccc2[nH]1. The fraction of sp³-hybridized carbons (Fsp3) is 0.150. The zero-order valence-electron chi connectivity index (χ0n) is 15.8. The van der Waals surface area contributed by atoms with Gasteiger partial charge in [0.15, 0.2) is 0 Å². The van der Waals surface area contributed by atoms with Crippen molar-refractivity contribution in [2.24, 2.45) is 0 Å². The van der Waals surface area contributed by atoms with E-state index in [0.717, 1.165) is 27.9 Å². The highest BCUT2D eigenvalue weighted by molar-refractivity contribution is 5.90. The minimum Gasteiger partial charge on any atom is -0.349 e. The Morgan fingerprint density at radius 2 is 1.93 bits per heavy atom. The maximum Gasteiger partial charge on any atom is 0.321 e. The number of imidazole rings is 1. The Hall–Kier alpha value is -4.01. The molecule has 0 bridgehead atoms. The van der Waals surface area contributed by atoms with Crippen LogP contribution in [0.3, 0.4) is 0 Å². The molecule has 1 aromatic carbocycles. The van der Waals surface area contributed by atoms with Crippen molar-refractivity contribution in [1.29, 1.82) is 0 Å². The third-order valence-corrected chi connectivity index (χ3v) is 4.19. The third-order valence-electron chi connectivity index (χ3n) is 4.19. The van der Waals surface area contributed by atoms with Crippen LogP contribution in [0.1, 0.15) is 12.6 Å². The van der Waals surface area contributed by atoms with Crippen molar-refractivity contribution in [3.8, 4) is 11.1 Å². The van der Waals surface area contributed by atoms with E-state index < -0.39 is 0 Å². The molecule has 4 rings (SSSR count). The molecule has 0 spiro atoms. The zero-order valence-corrected chi connectivity index (χ0v) is 15.8. The van der Waals surface area contributed by atoms with Gasteiger partial charge < -0.3 is 15.6 Å². The lowest BCUT2D eigenvalue weighted by Gasteiger charge is -2.05. The molecule has 0 saturated heterocycles. The number of benzene rings is 1. The van der Waals surface area contributed by atoms with E-state index in [1.807, 2.05) is 43.3 Å². The number of rotatable bonds is 6. The second-order valence-corrected chi connectivity index (χ2v) is 6.27. The molecule has 0 aliphatic heterocycles. The Kier molecular flexibility index (Phi) is 5.28. The summed E-state index contributed by atoms with van der Waals surface area (Å²) in [4.78, 5) is 32.1. The number of aromatic nitrogens is 5. The van der Waals surface area contributed by atoms with Gasteiger partial charge in [-0.05, 0) is 36.8 Å². The number of nitrogens with zero attached hydrogens (tertiary/aromatic N) is 4. The highest BCUT2D eigenvalue weighted by Crippen LogP contribution is 2.23. The molecule has 0 unspecified atom stereocenters. The Labute approximate surface area is 167 Å². The van der Waals surface area contributed by atoms with E-state index in [9.17, 15) is 4.79 Å². The van der Waals surface area contributed by atoms with Gasteiger partial charge in [0.05, 0.1) is 23.3 Å². The van der Waals surface area contributed by atoms with Crippen LogP contribution in [0.4, 0.5) is 16.7 Å². The Bertz CT molecular complexity index is 1110. The van der Waals surface area contributed by atoms with Gasteiger partial charge in [-0.2, -0.15) is 0 Å². The molecule has 146 valence electrons. The molecule has 0 saturated carbocycles. The Balaban J connectivity index is 1.46.